The molecule has 244 valence electrons. The minimum absolute atomic E-state index is 0.0523. The molecule has 12 nitrogen and oxygen atoms in total. The molecular weight excluding hydrogens is 605 g/mol. The van der Waals surface area contributed by atoms with E-state index in [2.05, 4.69) is 25.2 Å². The summed E-state index contributed by atoms with van der Waals surface area (Å²) in [6.07, 6.45) is 9.30. The molecule has 13 heteroatoms. The summed E-state index contributed by atoms with van der Waals surface area (Å²) < 4.78 is 35.4. The maximum absolute atomic E-state index is 15.3. The second kappa shape index (κ2) is 14.0. The smallest absolute Gasteiger partial charge is 0.335 e. The monoisotopic (exact) mass is 641 g/mol. The fourth-order valence-electron chi connectivity index (χ4n) is 5.81. The van der Waals surface area contributed by atoms with Gasteiger partial charge in [0.1, 0.15) is 11.4 Å². The molecule has 1 amide bonds. The lowest BCUT2D eigenvalue weighted by Crippen LogP contribution is -2.31. The molecule has 47 heavy (non-hydrogen) atoms. The van der Waals surface area contributed by atoms with Crippen LogP contribution in [0.15, 0.2) is 65.8 Å². The van der Waals surface area contributed by atoms with Crippen LogP contribution < -0.4 is 25.2 Å². The first-order chi connectivity index (χ1) is 22.8. The molecule has 6 rings (SSSR count). The quantitative estimate of drug-likeness (QED) is 0.192. The van der Waals surface area contributed by atoms with Crippen LogP contribution in [-0.2, 0) is 7.05 Å². The molecule has 1 aliphatic heterocycles. The third kappa shape index (κ3) is 6.80. The molecule has 0 radical (unpaired) electrons. The third-order valence-corrected chi connectivity index (χ3v) is 8.18. The van der Waals surface area contributed by atoms with Gasteiger partial charge >= 0.3 is 5.69 Å². The van der Waals surface area contributed by atoms with Gasteiger partial charge in [0.05, 0.1) is 24.9 Å². The summed E-state index contributed by atoms with van der Waals surface area (Å²) in [6.45, 7) is 5.45. The van der Waals surface area contributed by atoms with Gasteiger partial charge in [-0.15, -0.1) is 0 Å². The number of benzene rings is 2. The number of nitrogens with zero attached hydrogens (tertiary/aromatic N) is 6. The molecule has 0 bridgehead atoms. The van der Waals surface area contributed by atoms with Crippen molar-refractivity contribution in [3.63, 3.8) is 0 Å². The highest BCUT2D eigenvalue weighted by Gasteiger charge is 2.23. The summed E-state index contributed by atoms with van der Waals surface area (Å²) in [7, 11) is 3.04. The zero-order chi connectivity index (χ0) is 32.9. The first kappa shape index (κ1) is 31.7. The number of carbonyl (C=O) groups is 1. The molecule has 1 aliphatic rings. The minimum atomic E-state index is -0.700. The van der Waals surface area contributed by atoms with Crippen molar-refractivity contribution >= 4 is 22.5 Å². The standard InChI is InChI=1S/C34H36FN7O5/c1-22-31(40(2)34(44)42(22)33-37-12-7-13-38-33)32(43)39-23-9-10-28(25(35)19-23)47-27-11-14-36-26-21-30(29(45-3)20-24(26)27)46-18-8-17-41-15-5-4-6-16-41/h7,9-14,19-21H,4-6,8,15-18H2,1-3H3,(H,39,43). The number of ether oxygens (including phenoxy) is 3. The number of amides is 1. The molecule has 2 aromatic carbocycles. The van der Waals surface area contributed by atoms with Crippen LogP contribution in [0.25, 0.3) is 16.9 Å². The molecule has 3 aromatic heterocycles. The lowest BCUT2D eigenvalue weighted by molar-refractivity contribution is 0.101. The molecule has 1 fully saturated rings. The van der Waals surface area contributed by atoms with E-state index >= 15 is 4.39 Å². The fourth-order valence-corrected chi connectivity index (χ4v) is 5.81. The van der Waals surface area contributed by atoms with Crippen molar-refractivity contribution in [3.8, 4) is 28.9 Å². The van der Waals surface area contributed by atoms with E-state index in [0.29, 0.717) is 40.5 Å². The molecule has 0 saturated carbocycles. The number of pyridine rings is 1. The first-order valence-electron chi connectivity index (χ1n) is 15.5. The van der Waals surface area contributed by atoms with Gasteiger partial charge in [0.15, 0.2) is 23.1 Å². The van der Waals surface area contributed by atoms with Crippen molar-refractivity contribution in [2.24, 2.45) is 7.05 Å². The van der Waals surface area contributed by atoms with Crippen molar-refractivity contribution in [2.75, 3.05) is 38.7 Å². The van der Waals surface area contributed by atoms with E-state index in [1.807, 2.05) is 0 Å². The molecule has 0 unspecified atom stereocenters. The number of nitrogens with one attached hydrogen (secondary N) is 1. The highest BCUT2D eigenvalue weighted by Crippen LogP contribution is 2.38. The summed E-state index contributed by atoms with van der Waals surface area (Å²) in [5, 5.41) is 3.28. The average molecular weight is 642 g/mol. The van der Waals surface area contributed by atoms with Crippen molar-refractivity contribution in [1.29, 1.82) is 0 Å². The molecule has 5 aromatic rings. The predicted molar refractivity (Wildman–Crippen MR) is 174 cm³/mol. The number of likely N-dealkylation sites (tertiary alicyclic amines) is 1. The van der Waals surface area contributed by atoms with Crippen molar-refractivity contribution in [2.45, 2.75) is 32.6 Å². The number of carbonyl (C=O) groups excluding carboxylic acids is 1. The maximum atomic E-state index is 15.3. The van der Waals surface area contributed by atoms with Gasteiger partial charge in [-0.3, -0.25) is 14.3 Å². The third-order valence-electron chi connectivity index (χ3n) is 8.18. The van der Waals surface area contributed by atoms with Crippen LogP contribution >= 0.6 is 0 Å². The maximum Gasteiger partial charge on any atom is 0.335 e. The number of imidazole rings is 1. The minimum Gasteiger partial charge on any atom is -0.493 e. The highest BCUT2D eigenvalue weighted by molar-refractivity contribution is 6.04. The van der Waals surface area contributed by atoms with Crippen LogP contribution in [-0.4, -0.2) is 68.2 Å². The van der Waals surface area contributed by atoms with Crippen molar-refractivity contribution < 1.29 is 23.4 Å². The number of hydrogen-bond acceptors (Lipinski definition) is 9. The summed E-state index contributed by atoms with van der Waals surface area (Å²) in [4.78, 5) is 41.3. The number of fused-ring (bicyclic) bond motifs is 1. The van der Waals surface area contributed by atoms with Gasteiger partial charge in [-0.05, 0) is 69.6 Å². The second-order valence-electron chi connectivity index (χ2n) is 11.3. The summed E-state index contributed by atoms with van der Waals surface area (Å²) >= 11 is 0. The summed E-state index contributed by atoms with van der Waals surface area (Å²) in [6, 6.07) is 10.9. The van der Waals surface area contributed by atoms with Gasteiger partial charge in [-0.25, -0.2) is 23.7 Å². The van der Waals surface area contributed by atoms with E-state index in [1.54, 1.807) is 44.5 Å². The van der Waals surface area contributed by atoms with Crippen molar-refractivity contribution in [1.82, 2.24) is 29.0 Å². The number of halogens is 1. The lowest BCUT2D eigenvalue weighted by Gasteiger charge is -2.26. The Bertz CT molecular complexity index is 1950. The number of piperidine rings is 1. The molecular formula is C34H36FN7O5. The molecule has 4 heterocycles. The molecule has 0 aliphatic carbocycles. The van der Waals surface area contributed by atoms with Crippen LogP contribution in [0.3, 0.4) is 0 Å². The van der Waals surface area contributed by atoms with E-state index in [9.17, 15) is 9.59 Å². The first-order valence-corrected chi connectivity index (χ1v) is 15.5. The number of methoxy groups -OCH3 is 1. The van der Waals surface area contributed by atoms with Crippen LogP contribution in [0.2, 0.25) is 0 Å². The Kier molecular flexibility index (Phi) is 9.43. The number of rotatable bonds is 11. The largest absolute Gasteiger partial charge is 0.493 e. The molecule has 0 atom stereocenters. The summed E-state index contributed by atoms with van der Waals surface area (Å²) in [5.74, 6) is 0.263. The van der Waals surface area contributed by atoms with Gasteiger partial charge < -0.3 is 24.4 Å². The highest BCUT2D eigenvalue weighted by atomic mass is 19.1. The van der Waals surface area contributed by atoms with Gasteiger partial charge in [-0.1, -0.05) is 6.42 Å². The van der Waals surface area contributed by atoms with E-state index in [1.165, 1.54) is 60.0 Å². The Morgan fingerprint density at radius 1 is 0.957 bits per heavy atom. The second-order valence-corrected chi connectivity index (χ2v) is 11.3. The van der Waals surface area contributed by atoms with E-state index < -0.39 is 17.4 Å². The fraction of sp³-hybridized carbons (Fsp3) is 0.324. The normalized spacial score (nSPS) is 13.4. The van der Waals surface area contributed by atoms with E-state index in [0.717, 1.165) is 32.1 Å². The van der Waals surface area contributed by atoms with Gasteiger partial charge in [0, 0.05) is 55.4 Å². The van der Waals surface area contributed by atoms with Crippen LogP contribution in [0.1, 0.15) is 41.9 Å². The number of hydrogen-bond donors (Lipinski definition) is 1. The SMILES string of the molecule is COc1cc2c(Oc3ccc(NC(=O)c4c(C)n(-c5ncccn5)c(=O)n4C)cc3F)ccnc2cc1OCCCN1CCCCC1. The molecule has 1 N–H and O–H groups in total. The van der Waals surface area contributed by atoms with E-state index in [-0.39, 0.29) is 23.1 Å². The predicted octanol–water partition coefficient (Wildman–Crippen LogP) is 5.27. The Hall–Kier alpha value is -5.30. The Morgan fingerprint density at radius 3 is 2.49 bits per heavy atom. The average Bonchev–Trinajstić information content (AvgIpc) is 3.31. The topological polar surface area (TPSA) is 126 Å². The van der Waals surface area contributed by atoms with Crippen molar-refractivity contribution in [3.05, 3.63) is 88.7 Å². The Balaban J connectivity index is 1.16. The van der Waals surface area contributed by atoms with Gasteiger partial charge in [-0.2, -0.15) is 0 Å². The zero-order valence-corrected chi connectivity index (χ0v) is 26.5. The number of aromatic nitrogens is 5. The van der Waals surface area contributed by atoms with Gasteiger partial charge in [0.2, 0.25) is 5.95 Å². The summed E-state index contributed by atoms with van der Waals surface area (Å²) in [5.41, 5.74) is 0.728. The van der Waals surface area contributed by atoms with Crippen LogP contribution in [0.5, 0.6) is 23.0 Å². The van der Waals surface area contributed by atoms with Gasteiger partial charge in [0.25, 0.3) is 5.91 Å². The van der Waals surface area contributed by atoms with Crippen LogP contribution in [0, 0.1) is 12.7 Å². The number of anilines is 1. The lowest BCUT2D eigenvalue weighted by atomic mass is 10.1. The van der Waals surface area contributed by atoms with Crippen LogP contribution in [0.4, 0.5) is 10.1 Å². The Labute approximate surface area is 270 Å². The Morgan fingerprint density at radius 2 is 1.74 bits per heavy atom. The zero-order valence-electron chi connectivity index (χ0n) is 26.5. The molecule has 1 saturated heterocycles. The molecule has 0 spiro atoms. The van der Waals surface area contributed by atoms with E-state index in [4.69, 9.17) is 14.2 Å².